The van der Waals surface area contributed by atoms with Crippen LogP contribution < -0.4 is 0 Å². The van der Waals surface area contributed by atoms with Gasteiger partial charge in [0.2, 0.25) is 0 Å². The minimum atomic E-state index is -4.51. The summed E-state index contributed by atoms with van der Waals surface area (Å²) in [4.78, 5) is 0. The first kappa shape index (κ1) is 16.9. The Morgan fingerprint density at radius 3 is 1.80 bits per heavy atom. The normalized spacial score (nSPS) is 12.5. The maximum atomic E-state index is 11.3. The van der Waals surface area contributed by atoms with E-state index in [-0.39, 0.29) is 0 Å². The first-order valence-corrected chi connectivity index (χ1v) is 5.07. The number of hydrogen-bond acceptors (Lipinski definition) is 1. The molecule has 0 aliphatic rings. The van der Waals surface area contributed by atoms with Gasteiger partial charge in [-0.2, -0.15) is 13.2 Å². The second-order valence-corrected chi connectivity index (χ2v) is 3.77. The van der Waals surface area contributed by atoms with E-state index in [1.54, 1.807) is 0 Å². The predicted octanol–water partition coefficient (Wildman–Crippen LogP) is 4.07. The van der Waals surface area contributed by atoms with Gasteiger partial charge in [0, 0.05) is 0 Å². The molecular weight excluding hydrogens is 205 g/mol. The Morgan fingerprint density at radius 1 is 1.20 bits per heavy atom. The van der Waals surface area contributed by atoms with Crippen LogP contribution in [0.1, 0.15) is 47.0 Å². The van der Waals surface area contributed by atoms with Crippen LogP contribution in [0.15, 0.2) is 12.2 Å². The maximum absolute atomic E-state index is 11.3. The van der Waals surface area contributed by atoms with Crippen molar-refractivity contribution in [1.82, 2.24) is 0 Å². The molecule has 0 aromatic rings. The Balaban J connectivity index is 0. The van der Waals surface area contributed by atoms with E-state index in [9.17, 15) is 13.2 Å². The summed E-state index contributed by atoms with van der Waals surface area (Å²) in [6.07, 6.45) is 3.72. The molecule has 1 nitrogen and oxygen atoms in total. The monoisotopic (exact) mass is 226 g/mol. The fourth-order valence-corrected chi connectivity index (χ4v) is 0.489. The standard InChI is InChI=1S/C7H14.C4H7F3O/c1-3-5-7-6-4-2;1-3(2,8)4(5,6)7/h3,5H,4,6-7H2,1-2H3;8H,1-2H3. The molecule has 0 aliphatic heterocycles. The molecule has 0 amide bonds. The quantitative estimate of drug-likeness (QED) is 0.568. The van der Waals surface area contributed by atoms with Crippen LogP contribution in [-0.4, -0.2) is 16.9 Å². The van der Waals surface area contributed by atoms with Crippen LogP contribution in [-0.2, 0) is 0 Å². The van der Waals surface area contributed by atoms with Crippen LogP contribution in [0.25, 0.3) is 0 Å². The first-order chi connectivity index (χ1) is 6.66. The van der Waals surface area contributed by atoms with Gasteiger partial charge in [-0.1, -0.05) is 31.9 Å². The SMILES string of the molecule is CC(C)(O)C(F)(F)F.CC=CCCCC. The summed E-state index contributed by atoms with van der Waals surface area (Å²) < 4.78 is 33.9. The molecule has 0 spiro atoms. The van der Waals surface area contributed by atoms with E-state index in [1.807, 2.05) is 0 Å². The van der Waals surface area contributed by atoms with Crippen molar-refractivity contribution in [3.63, 3.8) is 0 Å². The highest BCUT2D eigenvalue weighted by Crippen LogP contribution is 2.28. The average Bonchev–Trinajstić information content (AvgIpc) is 2.03. The third kappa shape index (κ3) is 11.4. The Bertz CT molecular complexity index is 154. The van der Waals surface area contributed by atoms with Crippen molar-refractivity contribution in [2.24, 2.45) is 0 Å². The number of aliphatic hydroxyl groups is 1. The minimum Gasteiger partial charge on any atom is -0.381 e. The average molecular weight is 226 g/mol. The van der Waals surface area contributed by atoms with Gasteiger partial charge >= 0.3 is 6.18 Å². The molecule has 92 valence electrons. The molecule has 4 heteroatoms. The molecule has 0 unspecified atom stereocenters. The molecule has 1 N–H and O–H groups in total. The molecule has 0 rings (SSSR count). The molecule has 15 heavy (non-hydrogen) atoms. The highest BCUT2D eigenvalue weighted by Gasteiger charge is 2.45. The molecule has 0 saturated carbocycles. The highest BCUT2D eigenvalue weighted by atomic mass is 19.4. The van der Waals surface area contributed by atoms with Crippen molar-refractivity contribution >= 4 is 0 Å². The minimum absolute atomic E-state index is 0.701. The zero-order chi connectivity index (χ0) is 12.5. The van der Waals surface area contributed by atoms with Crippen molar-refractivity contribution in [2.75, 3.05) is 0 Å². The number of rotatable bonds is 3. The Hall–Kier alpha value is -0.510. The lowest BCUT2D eigenvalue weighted by Crippen LogP contribution is -2.38. The second-order valence-electron chi connectivity index (χ2n) is 3.77. The van der Waals surface area contributed by atoms with Gasteiger partial charge in [-0.05, 0) is 27.2 Å². The molecule has 0 radical (unpaired) electrons. The van der Waals surface area contributed by atoms with E-state index in [0.29, 0.717) is 13.8 Å². The Kier molecular flexibility index (Phi) is 8.72. The Morgan fingerprint density at radius 2 is 1.60 bits per heavy atom. The van der Waals surface area contributed by atoms with E-state index in [2.05, 4.69) is 26.0 Å². The lowest BCUT2D eigenvalue weighted by atomic mass is 10.1. The number of hydrogen-bond donors (Lipinski definition) is 1. The van der Waals surface area contributed by atoms with Gasteiger partial charge in [0.25, 0.3) is 0 Å². The summed E-state index contributed by atoms with van der Waals surface area (Å²) >= 11 is 0. The lowest BCUT2D eigenvalue weighted by Gasteiger charge is -2.20. The number of allylic oxidation sites excluding steroid dienone is 2. The summed E-state index contributed by atoms with van der Waals surface area (Å²) in [5.74, 6) is 0. The number of alkyl halides is 3. The number of halogens is 3. The van der Waals surface area contributed by atoms with Gasteiger partial charge in [-0.15, -0.1) is 0 Å². The van der Waals surface area contributed by atoms with Gasteiger partial charge in [0.1, 0.15) is 0 Å². The Labute approximate surface area is 90.0 Å². The van der Waals surface area contributed by atoms with Gasteiger partial charge in [-0.3, -0.25) is 0 Å². The maximum Gasteiger partial charge on any atom is 0.416 e. The molecule has 0 aliphatic carbocycles. The second kappa shape index (κ2) is 7.74. The number of unbranched alkanes of at least 4 members (excludes halogenated alkanes) is 2. The summed E-state index contributed by atoms with van der Waals surface area (Å²) in [6.45, 7) is 5.68. The first-order valence-electron chi connectivity index (χ1n) is 5.07. The zero-order valence-electron chi connectivity index (χ0n) is 9.86. The molecule has 0 bridgehead atoms. The zero-order valence-corrected chi connectivity index (χ0v) is 9.86. The van der Waals surface area contributed by atoms with Gasteiger partial charge < -0.3 is 5.11 Å². The molecule has 0 fully saturated rings. The van der Waals surface area contributed by atoms with Crippen LogP contribution in [0.4, 0.5) is 13.2 Å². The van der Waals surface area contributed by atoms with Crippen LogP contribution in [0.2, 0.25) is 0 Å². The van der Waals surface area contributed by atoms with Crippen LogP contribution in [0, 0.1) is 0 Å². The third-order valence-corrected chi connectivity index (χ3v) is 1.65. The topological polar surface area (TPSA) is 20.2 Å². The van der Waals surface area contributed by atoms with Gasteiger partial charge in [0.05, 0.1) is 0 Å². The summed E-state index contributed by atoms with van der Waals surface area (Å²) in [5, 5.41) is 8.23. The van der Waals surface area contributed by atoms with Crippen LogP contribution >= 0.6 is 0 Å². The van der Waals surface area contributed by atoms with Crippen LogP contribution in [0.3, 0.4) is 0 Å². The summed E-state index contributed by atoms with van der Waals surface area (Å²) in [5.41, 5.74) is -2.56. The summed E-state index contributed by atoms with van der Waals surface area (Å²) in [7, 11) is 0. The van der Waals surface area contributed by atoms with Crippen molar-refractivity contribution in [3.8, 4) is 0 Å². The van der Waals surface area contributed by atoms with E-state index < -0.39 is 11.8 Å². The molecule has 0 aromatic carbocycles. The lowest BCUT2D eigenvalue weighted by molar-refractivity contribution is -0.245. The molecule has 0 saturated heterocycles. The molecular formula is C11H21F3O. The van der Waals surface area contributed by atoms with E-state index in [1.165, 1.54) is 19.3 Å². The van der Waals surface area contributed by atoms with Crippen molar-refractivity contribution in [3.05, 3.63) is 12.2 Å². The van der Waals surface area contributed by atoms with Crippen molar-refractivity contribution < 1.29 is 18.3 Å². The fraction of sp³-hybridized carbons (Fsp3) is 0.818. The van der Waals surface area contributed by atoms with Gasteiger partial charge in [0.15, 0.2) is 5.60 Å². The molecule has 0 aromatic heterocycles. The largest absolute Gasteiger partial charge is 0.416 e. The third-order valence-electron chi connectivity index (χ3n) is 1.65. The van der Waals surface area contributed by atoms with E-state index in [0.717, 1.165) is 0 Å². The van der Waals surface area contributed by atoms with Crippen molar-refractivity contribution in [1.29, 1.82) is 0 Å². The van der Waals surface area contributed by atoms with Gasteiger partial charge in [-0.25, -0.2) is 0 Å². The van der Waals surface area contributed by atoms with E-state index in [4.69, 9.17) is 5.11 Å². The molecule has 0 heterocycles. The van der Waals surface area contributed by atoms with E-state index >= 15 is 0 Å². The van der Waals surface area contributed by atoms with Crippen molar-refractivity contribution in [2.45, 2.75) is 58.7 Å². The predicted molar refractivity (Wildman–Crippen MR) is 56.7 cm³/mol. The smallest absolute Gasteiger partial charge is 0.381 e. The fourth-order valence-electron chi connectivity index (χ4n) is 0.489. The molecule has 0 atom stereocenters. The highest BCUT2D eigenvalue weighted by molar-refractivity contribution is 4.75. The van der Waals surface area contributed by atoms with Crippen LogP contribution in [0.5, 0.6) is 0 Å². The summed E-state index contributed by atoms with van der Waals surface area (Å²) in [6, 6.07) is 0.